The molecule has 0 aliphatic heterocycles. The second-order valence-electron chi connectivity index (χ2n) is 6.00. The predicted octanol–water partition coefficient (Wildman–Crippen LogP) is 2.44. The van der Waals surface area contributed by atoms with E-state index in [2.05, 4.69) is 47.7 Å². The molecule has 4 heteroatoms. The van der Waals surface area contributed by atoms with E-state index in [1.165, 1.54) is 16.7 Å². The van der Waals surface area contributed by atoms with Gasteiger partial charge in [-0.2, -0.15) is 0 Å². The Morgan fingerprint density at radius 2 is 1.95 bits per heavy atom. The number of aryl methyl sites for hydroxylation is 2. The molecule has 0 aliphatic carbocycles. The third kappa shape index (κ3) is 6.17. The highest BCUT2D eigenvalue weighted by Gasteiger charge is 2.16. The monoisotopic (exact) mass is 291 g/mol. The summed E-state index contributed by atoms with van der Waals surface area (Å²) in [6, 6.07) is 6.59. The molecular formula is C17H29N3O. The molecule has 1 aromatic carbocycles. The number of hydrogen-bond acceptors (Lipinski definition) is 2. The van der Waals surface area contributed by atoms with Crippen LogP contribution in [0.15, 0.2) is 23.2 Å². The van der Waals surface area contributed by atoms with E-state index in [0.717, 1.165) is 18.9 Å². The number of aliphatic imine (C=N–C) groups is 1. The Morgan fingerprint density at radius 3 is 2.52 bits per heavy atom. The summed E-state index contributed by atoms with van der Waals surface area (Å²) in [5.41, 5.74) is 3.83. The fraction of sp³-hybridized carbons (Fsp3) is 0.588. The highest BCUT2D eigenvalue weighted by Crippen LogP contribution is 2.10. The van der Waals surface area contributed by atoms with Crippen LogP contribution in [0.25, 0.3) is 0 Å². The van der Waals surface area contributed by atoms with E-state index in [1.54, 1.807) is 14.2 Å². The maximum Gasteiger partial charge on any atom is 0.191 e. The molecule has 0 radical (unpaired) electrons. The molecule has 0 bridgehead atoms. The van der Waals surface area contributed by atoms with Crippen LogP contribution in [0.3, 0.4) is 0 Å². The van der Waals surface area contributed by atoms with Crippen molar-refractivity contribution >= 4 is 5.96 Å². The van der Waals surface area contributed by atoms with Crippen LogP contribution in [0.4, 0.5) is 0 Å². The van der Waals surface area contributed by atoms with E-state index < -0.39 is 0 Å². The van der Waals surface area contributed by atoms with Crippen molar-refractivity contribution in [1.29, 1.82) is 0 Å². The molecule has 1 aromatic rings. The van der Waals surface area contributed by atoms with Gasteiger partial charge in [-0.25, -0.2) is 0 Å². The number of guanidine groups is 1. The van der Waals surface area contributed by atoms with Crippen molar-refractivity contribution in [2.45, 2.75) is 39.7 Å². The number of rotatable bonds is 6. The molecule has 2 N–H and O–H groups in total. The van der Waals surface area contributed by atoms with E-state index in [0.29, 0.717) is 6.54 Å². The smallest absolute Gasteiger partial charge is 0.191 e. The van der Waals surface area contributed by atoms with Gasteiger partial charge in [-0.3, -0.25) is 4.99 Å². The zero-order chi connectivity index (χ0) is 15.9. The number of hydrogen-bond donors (Lipinski definition) is 2. The molecular weight excluding hydrogens is 262 g/mol. The highest BCUT2D eigenvalue weighted by atomic mass is 16.5. The SMILES string of the molecule is CN=C(NCCc1ccc(C)cc1C)NCC(C)(C)OC. The topological polar surface area (TPSA) is 45.7 Å². The van der Waals surface area contributed by atoms with Crippen LogP contribution in [-0.2, 0) is 11.2 Å². The molecule has 0 atom stereocenters. The van der Waals surface area contributed by atoms with Crippen molar-refractivity contribution in [1.82, 2.24) is 10.6 Å². The minimum absolute atomic E-state index is 0.203. The van der Waals surface area contributed by atoms with Gasteiger partial charge in [0, 0.05) is 27.2 Å². The molecule has 21 heavy (non-hydrogen) atoms. The summed E-state index contributed by atoms with van der Waals surface area (Å²) in [4.78, 5) is 4.23. The minimum Gasteiger partial charge on any atom is -0.377 e. The first-order valence-corrected chi connectivity index (χ1v) is 7.44. The van der Waals surface area contributed by atoms with Gasteiger partial charge in [0.2, 0.25) is 0 Å². The first kappa shape index (κ1) is 17.5. The zero-order valence-electron chi connectivity index (χ0n) is 14.2. The Bertz CT molecular complexity index is 481. The third-order valence-corrected chi connectivity index (χ3v) is 3.64. The maximum atomic E-state index is 5.39. The summed E-state index contributed by atoms with van der Waals surface area (Å²) < 4.78 is 5.39. The van der Waals surface area contributed by atoms with E-state index in [4.69, 9.17) is 4.74 Å². The van der Waals surface area contributed by atoms with Gasteiger partial charge >= 0.3 is 0 Å². The average Bonchev–Trinajstić information content (AvgIpc) is 2.44. The van der Waals surface area contributed by atoms with Crippen molar-refractivity contribution in [3.63, 3.8) is 0 Å². The number of methoxy groups -OCH3 is 1. The lowest BCUT2D eigenvalue weighted by molar-refractivity contribution is 0.0268. The van der Waals surface area contributed by atoms with Gasteiger partial charge in [-0.1, -0.05) is 23.8 Å². The van der Waals surface area contributed by atoms with Crippen molar-refractivity contribution in [3.8, 4) is 0 Å². The molecule has 1 rings (SSSR count). The van der Waals surface area contributed by atoms with Gasteiger partial charge in [-0.15, -0.1) is 0 Å². The van der Waals surface area contributed by atoms with E-state index in [9.17, 15) is 0 Å². The van der Waals surface area contributed by atoms with E-state index in [1.807, 2.05) is 13.8 Å². The normalized spacial score (nSPS) is 12.4. The fourth-order valence-corrected chi connectivity index (χ4v) is 2.03. The van der Waals surface area contributed by atoms with Gasteiger partial charge in [-0.05, 0) is 45.2 Å². The Hall–Kier alpha value is -1.55. The van der Waals surface area contributed by atoms with Crippen LogP contribution < -0.4 is 10.6 Å². The molecule has 0 saturated carbocycles. The predicted molar refractivity (Wildman–Crippen MR) is 90.1 cm³/mol. The van der Waals surface area contributed by atoms with Gasteiger partial charge in [0.25, 0.3) is 0 Å². The Kier molecular flexibility index (Phi) is 6.69. The summed E-state index contributed by atoms with van der Waals surface area (Å²) in [6.07, 6.45) is 0.987. The first-order chi connectivity index (χ1) is 9.88. The Morgan fingerprint density at radius 1 is 1.24 bits per heavy atom. The summed E-state index contributed by atoms with van der Waals surface area (Å²) in [6.45, 7) is 9.95. The van der Waals surface area contributed by atoms with Gasteiger partial charge in [0.1, 0.15) is 0 Å². The summed E-state index contributed by atoms with van der Waals surface area (Å²) in [5, 5.41) is 6.62. The molecule has 0 aromatic heterocycles. The van der Waals surface area contributed by atoms with Crippen molar-refractivity contribution in [2.75, 3.05) is 27.2 Å². The second-order valence-corrected chi connectivity index (χ2v) is 6.00. The third-order valence-electron chi connectivity index (χ3n) is 3.64. The molecule has 0 unspecified atom stereocenters. The van der Waals surface area contributed by atoms with Crippen molar-refractivity contribution < 1.29 is 4.74 Å². The van der Waals surface area contributed by atoms with Crippen LogP contribution in [0.2, 0.25) is 0 Å². The average molecular weight is 291 g/mol. The van der Waals surface area contributed by atoms with Gasteiger partial charge < -0.3 is 15.4 Å². The van der Waals surface area contributed by atoms with Gasteiger partial charge in [0.05, 0.1) is 5.60 Å². The minimum atomic E-state index is -0.203. The van der Waals surface area contributed by atoms with Crippen LogP contribution in [0.5, 0.6) is 0 Å². The molecule has 0 heterocycles. The van der Waals surface area contributed by atoms with Crippen LogP contribution >= 0.6 is 0 Å². The summed E-state index contributed by atoms with van der Waals surface area (Å²) >= 11 is 0. The first-order valence-electron chi connectivity index (χ1n) is 7.44. The standard InChI is InChI=1S/C17H29N3O/c1-13-7-8-15(14(2)11-13)9-10-19-16(18-5)20-12-17(3,4)21-6/h7-8,11H,9-10,12H2,1-6H3,(H2,18,19,20). The zero-order valence-corrected chi connectivity index (χ0v) is 14.2. The quantitative estimate of drug-likeness (QED) is 0.625. The summed E-state index contributed by atoms with van der Waals surface area (Å²) in [7, 11) is 3.50. The van der Waals surface area contributed by atoms with Crippen LogP contribution in [0, 0.1) is 13.8 Å². The fourth-order valence-electron chi connectivity index (χ4n) is 2.03. The van der Waals surface area contributed by atoms with Crippen molar-refractivity contribution in [3.05, 3.63) is 34.9 Å². The number of benzene rings is 1. The summed E-state index contributed by atoms with van der Waals surface area (Å²) in [5.74, 6) is 0.810. The Labute approximate surface area is 129 Å². The second kappa shape index (κ2) is 8.03. The van der Waals surface area contributed by atoms with E-state index in [-0.39, 0.29) is 5.60 Å². The van der Waals surface area contributed by atoms with E-state index >= 15 is 0 Å². The molecule has 0 amide bonds. The molecule has 0 aliphatic rings. The lowest BCUT2D eigenvalue weighted by Gasteiger charge is -2.24. The van der Waals surface area contributed by atoms with Crippen molar-refractivity contribution in [2.24, 2.45) is 4.99 Å². The maximum absolute atomic E-state index is 5.39. The molecule has 0 fully saturated rings. The highest BCUT2D eigenvalue weighted by molar-refractivity contribution is 5.79. The van der Waals surface area contributed by atoms with Crippen LogP contribution in [-0.4, -0.2) is 38.8 Å². The molecule has 0 spiro atoms. The molecule has 118 valence electrons. The molecule has 0 saturated heterocycles. The lowest BCUT2D eigenvalue weighted by Crippen LogP contribution is -2.45. The Balaban J connectivity index is 2.42. The lowest BCUT2D eigenvalue weighted by atomic mass is 10.0. The number of nitrogens with one attached hydrogen (secondary N) is 2. The van der Waals surface area contributed by atoms with Gasteiger partial charge in [0.15, 0.2) is 5.96 Å². The number of ether oxygens (including phenoxy) is 1. The largest absolute Gasteiger partial charge is 0.377 e. The number of nitrogens with zero attached hydrogens (tertiary/aromatic N) is 1. The van der Waals surface area contributed by atoms with Crippen LogP contribution in [0.1, 0.15) is 30.5 Å². The molecule has 4 nitrogen and oxygen atoms in total.